The van der Waals surface area contributed by atoms with E-state index in [4.69, 9.17) is 11.1 Å². The summed E-state index contributed by atoms with van der Waals surface area (Å²) in [6.07, 6.45) is -9.83. The average Bonchev–Trinajstić information content (AvgIpc) is 2.25. The van der Waals surface area contributed by atoms with Gasteiger partial charge in [0.05, 0.1) is 11.1 Å². The van der Waals surface area contributed by atoms with E-state index in [0.717, 1.165) is 0 Å². The lowest BCUT2D eigenvalue weighted by molar-refractivity contribution is -0.143. The quantitative estimate of drug-likeness (QED) is 0.485. The minimum atomic E-state index is -4.91. The van der Waals surface area contributed by atoms with Crippen LogP contribution in [0, 0.1) is 5.41 Å². The second-order valence-corrected chi connectivity index (χ2v) is 4.83. The van der Waals surface area contributed by atoms with Crippen LogP contribution >= 0.6 is 0 Å². The van der Waals surface area contributed by atoms with E-state index in [1.54, 1.807) is 0 Å². The molecule has 0 heterocycles. The molecule has 112 valence electrons. The van der Waals surface area contributed by atoms with Crippen molar-refractivity contribution in [1.82, 2.24) is 0 Å². The molecule has 0 aliphatic heterocycles. The third kappa shape index (κ3) is 3.23. The minimum Gasteiger partial charge on any atom is -0.387 e. The van der Waals surface area contributed by atoms with Crippen molar-refractivity contribution in [2.45, 2.75) is 31.6 Å². The molecule has 2 nitrogen and oxygen atoms in total. The molecule has 0 fully saturated rings. The van der Waals surface area contributed by atoms with Gasteiger partial charge in [0.25, 0.3) is 0 Å². The van der Waals surface area contributed by atoms with Crippen molar-refractivity contribution < 1.29 is 26.3 Å². The summed E-state index contributed by atoms with van der Waals surface area (Å²) in [6.45, 7) is 2.57. The maximum absolute atomic E-state index is 12.7. The Balaban J connectivity index is 3.59. The third-order valence-corrected chi connectivity index (χ3v) is 2.98. The van der Waals surface area contributed by atoms with Gasteiger partial charge in [-0.25, -0.2) is 0 Å². The van der Waals surface area contributed by atoms with Gasteiger partial charge in [0.2, 0.25) is 0 Å². The fraction of sp³-hybridized carbons (Fsp3) is 0.417. The molecule has 20 heavy (non-hydrogen) atoms. The van der Waals surface area contributed by atoms with Crippen LogP contribution in [0.4, 0.5) is 26.3 Å². The standard InChI is InChI=1S/C12H12F6N2/c1-10(2,9(19)20)6-3-7(11(13,14)15)5-8(4-6)12(16,17)18/h3-5H,1-2H3,(H3,19,20). The lowest BCUT2D eigenvalue weighted by Gasteiger charge is -2.25. The Labute approximate surface area is 111 Å². The fourth-order valence-corrected chi connectivity index (χ4v) is 1.47. The Kier molecular flexibility index (Phi) is 3.82. The number of hydrogen-bond acceptors (Lipinski definition) is 1. The molecule has 3 N–H and O–H groups in total. The second-order valence-electron chi connectivity index (χ2n) is 4.83. The van der Waals surface area contributed by atoms with Crippen molar-refractivity contribution in [1.29, 1.82) is 5.41 Å². The van der Waals surface area contributed by atoms with Crippen LogP contribution in [0.25, 0.3) is 0 Å². The van der Waals surface area contributed by atoms with Crippen LogP contribution in [-0.2, 0) is 17.8 Å². The highest BCUT2D eigenvalue weighted by molar-refractivity contribution is 5.88. The zero-order valence-corrected chi connectivity index (χ0v) is 10.6. The first-order valence-corrected chi connectivity index (χ1v) is 5.40. The molecule has 0 spiro atoms. The van der Waals surface area contributed by atoms with Crippen molar-refractivity contribution in [3.05, 3.63) is 34.9 Å². The Morgan fingerprint density at radius 1 is 0.850 bits per heavy atom. The summed E-state index contributed by atoms with van der Waals surface area (Å²) in [5, 5.41) is 7.30. The smallest absolute Gasteiger partial charge is 0.387 e. The Bertz CT molecular complexity index is 495. The third-order valence-electron chi connectivity index (χ3n) is 2.98. The molecule has 0 aliphatic carbocycles. The normalized spacial score (nSPS) is 13.4. The molecule has 0 aliphatic rings. The van der Waals surface area contributed by atoms with Crippen LogP contribution in [0.1, 0.15) is 30.5 Å². The molecule has 0 aromatic heterocycles. The monoisotopic (exact) mass is 298 g/mol. The number of halogens is 6. The maximum Gasteiger partial charge on any atom is 0.416 e. The van der Waals surface area contributed by atoms with E-state index >= 15 is 0 Å². The van der Waals surface area contributed by atoms with E-state index in [1.807, 2.05) is 0 Å². The van der Waals surface area contributed by atoms with Crippen molar-refractivity contribution in [3.63, 3.8) is 0 Å². The molecule has 1 aromatic rings. The van der Waals surface area contributed by atoms with Crippen molar-refractivity contribution in [3.8, 4) is 0 Å². The van der Waals surface area contributed by atoms with Gasteiger partial charge < -0.3 is 5.73 Å². The Morgan fingerprint density at radius 2 is 1.15 bits per heavy atom. The average molecular weight is 298 g/mol. The Hall–Kier alpha value is -1.73. The van der Waals surface area contributed by atoms with E-state index in [9.17, 15) is 26.3 Å². The topological polar surface area (TPSA) is 49.9 Å². The molecule has 0 radical (unpaired) electrons. The number of hydrogen-bond donors (Lipinski definition) is 2. The molecule has 1 aromatic carbocycles. The highest BCUT2D eigenvalue weighted by Gasteiger charge is 2.39. The van der Waals surface area contributed by atoms with Crippen LogP contribution in [-0.4, -0.2) is 5.84 Å². The molecule has 0 amide bonds. The summed E-state index contributed by atoms with van der Waals surface area (Å²) in [5.41, 5.74) is 0.660. The van der Waals surface area contributed by atoms with Crippen LogP contribution in [0.15, 0.2) is 18.2 Å². The van der Waals surface area contributed by atoms with Crippen LogP contribution in [0.2, 0.25) is 0 Å². The van der Waals surface area contributed by atoms with Gasteiger partial charge in [-0.1, -0.05) is 0 Å². The zero-order valence-electron chi connectivity index (χ0n) is 10.6. The first kappa shape index (κ1) is 16.3. The molecule has 8 heteroatoms. The number of nitrogens with one attached hydrogen (secondary N) is 1. The number of rotatable bonds is 2. The van der Waals surface area contributed by atoms with E-state index in [2.05, 4.69) is 0 Å². The predicted molar refractivity (Wildman–Crippen MR) is 61.4 cm³/mol. The SMILES string of the molecule is CC(C)(C(=N)N)c1cc(C(F)(F)F)cc(C(F)(F)F)c1. The van der Waals surface area contributed by atoms with Gasteiger partial charge in [0.1, 0.15) is 5.84 Å². The summed E-state index contributed by atoms with van der Waals surface area (Å²) in [4.78, 5) is 0. The summed E-state index contributed by atoms with van der Waals surface area (Å²) in [5.74, 6) is -0.523. The summed E-state index contributed by atoms with van der Waals surface area (Å²) in [7, 11) is 0. The molecule has 0 saturated heterocycles. The number of nitrogens with two attached hydrogens (primary N) is 1. The van der Waals surface area contributed by atoms with Gasteiger partial charge in [0, 0.05) is 5.41 Å². The minimum absolute atomic E-state index is 0.0414. The maximum atomic E-state index is 12.7. The van der Waals surface area contributed by atoms with Gasteiger partial charge in [-0.2, -0.15) is 26.3 Å². The van der Waals surface area contributed by atoms with E-state index in [0.29, 0.717) is 12.1 Å². The first-order chi connectivity index (χ1) is 8.76. The number of benzene rings is 1. The number of alkyl halides is 6. The number of amidine groups is 1. The van der Waals surface area contributed by atoms with Crippen LogP contribution < -0.4 is 5.73 Å². The molecular weight excluding hydrogens is 286 g/mol. The van der Waals surface area contributed by atoms with Crippen LogP contribution in [0.3, 0.4) is 0 Å². The summed E-state index contributed by atoms with van der Waals surface area (Å²) in [6, 6.07) is 1.20. The molecule has 1 rings (SSSR count). The van der Waals surface area contributed by atoms with Gasteiger partial charge in [-0.05, 0) is 37.6 Å². The fourth-order valence-electron chi connectivity index (χ4n) is 1.47. The van der Waals surface area contributed by atoms with Crippen molar-refractivity contribution >= 4 is 5.84 Å². The second kappa shape index (κ2) is 4.68. The van der Waals surface area contributed by atoms with Gasteiger partial charge in [0.15, 0.2) is 0 Å². The van der Waals surface area contributed by atoms with E-state index in [-0.39, 0.29) is 11.6 Å². The van der Waals surface area contributed by atoms with Gasteiger partial charge in [-0.3, -0.25) is 5.41 Å². The predicted octanol–water partition coefficient (Wildman–Crippen LogP) is 3.94. The molecule has 0 saturated carbocycles. The highest BCUT2D eigenvalue weighted by atomic mass is 19.4. The van der Waals surface area contributed by atoms with Gasteiger partial charge in [-0.15, -0.1) is 0 Å². The summed E-state index contributed by atoms with van der Waals surface area (Å²) >= 11 is 0. The summed E-state index contributed by atoms with van der Waals surface area (Å²) < 4.78 is 76.0. The van der Waals surface area contributed by atoms with E-state index in [1.165, 1.54) is 13.8 Å². The molecular formula is C12H12F6N2. The lowest BCUT2D eigenvalue weighted by atomic mass is 9.82. The largest absolute Gasteiger partial charge is 0.416 e. The Morgan fingerprint density at radius 3 is 1.40 bits per heavy atom. The lowest BCUT2D eigenvalue weighted by Crippen LogP contribution is -2.35. The molecule has 0 unspecified atom stereocenters. The van der Waals surface area contributed by atoms with E-state index < -0.39 is 34.7 Å². The van der Waals surface area contributed by atoms with Crippen LogP contribution in [0.5, 0.6) is 0 Å². The van der Waals surface area contributed by atoms with Gasteiger partial charge >= 0.3 is 12.4 Å². The highest BCUT2D eigenvalue weighted by Crippen LogP contribution is 2.38. The van der Waals surface area contributed by atoms with Crippen molar-refractivity contribution in [2.75, 3.05) is 0 Å². The zero-order chi connectivity index (χ0) is 15.9. The first-order valence-electron chi connectivity index (χ1n) is 5.40. The molecule has 0 bridgehead atoms. The molecule has 0 atom stereocenters. The van der Waals surface area contributed by atoms with Crippen molar-refractivity contribution in [2.24, 2.45) is 5.73 Å².